The second-order valence-corrected chi connectivity index (χ2v) is 10.5. The molecule has 0 spiro atoms. The minimum Gasteiger partial charge on any atom is -0.508 e. The maximum atomic E-state index is 9.87. The highest BCUT2D eigenvalue weighted by atomic mass is 16.5. The van der Waals surface area contributed by atoms with Gasteiger partial charge in [0, 0.05) is 22.5 Å². The standard InChI is InChI=1S/C36H35NO3/c1-26-5-4-6-32(25-26)37(31-15-21-35(40-3)22-16-31)30-13-7-27(8-14-30)23-24-36(2,28-9-17-33(38)18-10-28)29-11-19-34(39)20-12-29/h4-22,25,38-39H,23-24H2,1-3H3. The number of phenolic OH excluding ortho intramolecular Hbond substituents is 2. The Labute approximate surface area is 236 Å². The van der Waals surface area contributed by atoms with Crippen LogP contribution in [-0.4, -0.2) is 17.3 Å². The minimum absolute atomic E-state index is 0.252. The molecule has 0 saturated carbocycles. The number of hydrogen-bond donors (Lipinski definition) is 2. The average Bonchev–Trinajstić information content (AvgIpc) is 2.98. The fraction of sp³-hybridized carbons (Fsp3) is 0.167. The highest BCUT2D eigenvalue weighted by Crippen LogP contribution is 2.39. The second kappa shape index (κ2) is 11.6. The fourth-order valence-corrected chi connectivity index (χ4v) is 5.27. The molecular weight excluding hydrogens is 494 g/mol. The molecule has 0 atom stereocenters. The summed E-state index contributed by atoms with van der Waals surface area (Å²) in [5, 5.41) is 19.7. The first kappa shape index (κ1) is 26.9. The molecule has 202 valence electrons. The van der Waals surface area contributed by atoms with Crippen molar-refractivity contribution in [3.05, 3.63) is 144 Å². The van der Waals surface area contributed by atoms with Gasteiger partial charge in [-0.05, 0) is 115 Å². The summed E-state index contributed by atoms with van der Waals surface area (Å²) in [6.45, 7) is 4.33. The SMILES string of the molecule is COc1ccc(N(c2ccc(CCC(C)(c3ccc(O)cc3)c3ccc(O)cc3)cc2)c2cccc(C)c2)cc1. The van der Waals surface area contributed by atoms with Crippen molar-refractivity contribution in [3.8, 4) is 17.2 Å². The van der Waals surface area contributed by atoms with E-state index in [0.717, 1.165) is 46.8 Å². The summed E-state index contributed by atoms with van der Waals surface area (Å²) < 4.78 is 5.38. The van der Waals surface area contributed by atoms with E-state index >= 15 is 0 Å². The van der Waals surface area contributed by atoms with Gasteiger partial charge in [-0.25, -0.2) is 0 Å². The second-order valence-electron chi connectivity index (χ2n) is 10.5. The molecule has 0 aromatic heterocycles. The van der Waals surface area contributed by atoms with Gasteiger partial charge in [-0.15, -0.1) is 0 Å². The van der Waals surface area contributed by atoms with Crippen molar-refractivity contribution in [1.29, 1.82) is 0 Å². The van der Waals surface area contributed by atoms with Crippen LogP contribution in [0.5, 0.6) is 17.2 Å². The van der Waals surface area contributed by atoms with Crippen LogP contribution < -0.4 is 9.64 Å². The van der Waals surface area contributed by atoms with Gasteiger partial charge in [-0.2, -0.15) is 0 Å². The summed E-state index contributed by atoms with van der Waals surface area (Å²) >= 11 is 0. The lowest BCUT2D eigenvalue weighted by molar-refractivity contribution is 0.415. The van der Waals surface area contributed by atoms with E-state index in [2.05, 4.69) is 79.4 Å². The van der Waals surface area contributed by atoms with Gasteiger partial charge >= 0.3 is 0 Å². The molecule has 4 heteroatoms. The number of anilines is 3. The van der Waals surface area contributed by atoms with Gasteiger partial charge in [0.25, 0.3) is 0 Å². The normalized spacial score (nSPS) is 11.3. The lowest BCUT2D eigenvalue weighted by Crippen LogP contribution is -2.24. The third kappa shape index (κ3) is 5.81. The van der Waals surface area contributed by atoms with Crippen molar-refractivity contribution in [2.75, 3.05) is 12.0 Å². The molecule has 0 aliphatic heterocycles. The lowest BCUT2D eigenvalue weighted by Gasteiger charge is -2.31. The van der Waals surface area contributed by atoms with Crippen molar-refractivity contribution in [3.63, 3.8) is 0 Å². The average molecular weight is 530 g/mol. The van der Waals surface area contributed by atoms with Gasteiger partial charge in [0.2, 0.25) is 0 Å². The van der Waals surface area contributed by atoms with E-state index in [1.165, 1.54) is 11.1 Å². The van der Waals surface area contributed by atoms with Gasteiger partial charge in [0.15, 0.2) is 0 Å². The van der Waals surface area contributed by atoms with E-state index in [1.54, 1.807) is 31.4 Å². The van der Waals surface area contributed by atoms with E-state index < -0.39 is 0 Å². The van der Waals surface area contributed by atoms with Crippen molar-refractivity contribution in [1.82, 2.24) is 0 Å². The summed E-state index contributed by atoms with van der Waals surface area (Å²) in [6.07, 6.45) is 1.73. The quantitative estimate of drug-likeness (QED) is 0.200. The molecule has 0 saturated heterocycles. The van der Waals surface area contributed by atoms with Crippen LogP contribution >= 0.6 is 0 Å². The highest BCUT2D eigenvalue weighted by Gasteiger charge is 2.29. The lowest BCUT2D eigenvalue weighted by atomic mass is 9.72. The molecule has 5 rings (SSSR count). The van der Waals surface area contributed by atoms with Gasteiger partial charge in [0.05, 0.1) is 7.11 Å². The molecule has 0 heterocycles. The van der Waals surface area contributed by atoms with E-state index in [4.69, 9.17) is 4.74 Å². The first-order valence-corrected chi connectivity index (χ1v) is 13.5. The monoisotopic (exact) mass is 529 g/mol. The van der Waals surface area contributed by atoms with Crippen LogP contribution in [0, 0.1) is 6.92 Å². The van der Waals surface area contributed by atoms with Crippen molar-refractivity contribution in [2.24, 2.45) is 0 Å². The molecule has 0 aliphatic carbocycles. The first-order valence-electron chi connectivity index (χ1n) is 13.5. The van der Waals surface area contributed by atoms with Crippen LogP contribution in [0.2, 0.25) is 0 Å². The Balaban J connectivity index is 1.43. The molecule has 0 aliphatic rings. The first-order chi connectivity index (χ1) is 19.4. The predicted molar refractivity (Wildman–Crippen MR) is 163 cm³/mol. The number of ether oxygens (including phenoxy) is 1. The van der Waals surface area contributed by atoms with Crippen LogP contribution in [0.25, 0.3) is 0 Å². The van der Waals surface area contributed by atoms with E-state index in [9.17, 15) is 10.2 Å². The Bertz CT molecular complexity index is 1500. The Kier molecular flexibility index (Phi) is 7.79. The van der Waals surface area contributed by atoms with Crippen LogP contribution in [0.4, 0.5) is 17.1 Å². The van der Waals surface area contributed by atoms with Gasteiger partial charge in [-0.1, -0.05) is 55.5 Å². The molecule has 0 radical (unpaired) electrons. The Morgan fingerprint density at radius 2 is 1.18 bits per heavy atom. The van der Waals surface area contributed by atoms with Crippen LogP contribution in [0.15, 0.2) is 121 Å². The van der Waals surface area contributed by atoms with Crippen molar-refractivity contribution >= 4 is 17.1 Å². The Morgan fingerprint density at radius 1 is 0.650 bits per heavy atom. The van der Waals surface area contributed by atoms with Gasteiger partial charge in [-0.3, -0.25) is 0 Å². The number of methoxy groups -OCH3 is 1. The third-order valence-corrected chi connectivity index (χ3v) is 7.71. The molecule has 0 unspecified atom stereocenters. The Morgan fingerprint density at radius 3 is 1.68 bits per heavy atom. The topological polar surface area (TPSA) is 52.9 Å². The van der Waals surface area contributed by atoms with Gasteiger partial charge < -0.3 is 19.8 Å². The number of aromatic hydroxyl groups is 2. The van der Waals surface area contributed by atoms with Gasteiger partial charge in [0.1, 0.15) is 17.2 Å². The minimum atomic E-state index is -0.295. The molecule has 5 aromatic carbocycles. The van der Waals surface area contributed by atoms with E-state index in [0.29, 0.717) is 0 Å². The molecule has 40 heavy (non-hydrogen) atoms. The summed E-state index contributed by atoms with van der Waals surface area (Å²) in [7, 11) is 1.68. The zero-order valence-electron chi connectivity index (χ0n) is 23.2. The van der Waals surface area contributed by atoms with Crippen LogP contribution in [0.1, 0.15) is 35.6 Å². The molecule has 0 bridgehead atoms. The van der Waals surface area contributed by atoms with E-state index in [1.807, 2.05) is 36.4 Å². The maximum absolute atomic E-state index is 9.87. The largest absolute Gasteiger partial charge is 0.508 e. The number of benzene rings is 5. The smallest absolute Gasteiger partial charge is 0.119 e. The van der Waals surface area contributed by atoms with Crippen LogP contribution in [0.3, 0.4) is 0 Å². The summed E-state index contributed by atoms with van der Waals surface area (Å²) in [5.74, 6) is 1.33. The van der Waals surface area contributed by atoms with Crippen LogP contribution in [-0.2, 0) is 11.8 Å². The highest BCUT2D eigenvalue weighted by molar-refractivity contribution is 5.77. The van der Waals surface area contributed by atoms with E-state index in [-0.39, 0.29) is 16.9 Å². The van der Waals surface area contributed by atoms with Crippen molar-refractivity contribution in [2.45, 2.75) is 32.1 Å². The zero-order chi connectivity index (χ0) is 28.1. The summed E-state index contributed by atoms with van der Waals surface area (Å²) in [5.41, 5.74) is 7.64. The fourth-order valence-electron chi connectivity index (χ4n) is 5.27. The molecule has 0 amide bonds. The number of aryl methyl sites for hydroxylation is 2. The number of phenols is 2. The summed E-state index contributed by atoms with van der Waals surface area (Å²) in [4.78, 5) is 2.26. The zero-order valence-corrected chi connectivity index (χ0v) is 23.2. The Hall–Kier alpha value is -4.70. The molecule has 0 fully saturated rings. The third-order valence-electron chi connectivity index (χ3n) is 7.71. The molecule has 4 nitrogen and oxygen atoms in total. The number of hydrogen-bond acceptors (Lipinski definition) is 4. The molecule has 5 aromatic rings. The predicted octanol–water partition coefficient (Wildman–Crippen LogP) is 8.82. The summed E-state index contributed by atoms with van der Waals surface area (Å²) in [6, 6.07) is 40.3. The number of rotatable bonds is 9. The molecule has 2 N–H and O–H groups in total. The molecular formula is C36H35NO3. The maximum Gasteiger partial charge on any atom is 0.119 e. The van der Waals surface area contributed by atoms with Crippen molar-refractivity contribution < 1.29 is 14.9 Å². The number of nitrogens with zero attached hydrogens (tertiary/aromatic N) is 1.